The standard InChI is InChI=1S/C13H28N2O/c1-7-13(16)14-11(4)8-9-12(5)15(6)10(2)3/h10-12H,7-9H2,1-6H3,(H,14,16). The Kier molecular flexibility index (Phi) is 7.39. The van der Waals surface area contributed by atoms with E-state index in [1.165, 1.54) is 0 Å². The van der Waals surface area contributed by atoms with Gasteiger partial charge in [0.1, 0.15) is 0 Å². The minimum Gasteiger partial charge on any atom is -0.354 e. The van der Waals surface area contributed by atoms with Gasteiger partial charge in [0.15, 0.2) is 0 Å². The molecule has 0 heterocycles. The lowest BCUT2D eigenvalue weighted by Gasteiger charge is -2.29. The van der Waals surface area contributed by atoms with Gasteiger partial charge in [-0.15, -0.1) is 0 Å². The van der Waals surface area contributed by atoms with Crippen molar-refractivity contribution >= 4 is 5.91 Å². The average molecular weight is 228 g/mol. The number of nitrogens with one attached hydrogen (secondary N) is 1. The van der Waals surface area contributed by atoms with Gasteiger partial charge in [0, 0.05) is 24.5 Å². The summed E-state index contributed by atoms with van der Waals surface area (Å²) in [6.45, 7) is 10.6. The summed E-state index contributed by atoms with van der Waals surface area (Å²) in [5.74, 6) is 0.150. The first-order valence-corrected chi connectivity index (χ1v) is 6.39. The van der Waals surface area contributed by atoms with Crippen molar-refractivity contribution in [2.24, 2.45) is 0 Å². The molecule has 2 unspecified atom stereocenters. The van der Waals surface area contributed by atoms with Crippen molar-refractivity contribution in [2.75, 3.05) is 7.05 Å². The topological polar surface area (TPSA) is 32.3 Å². The maximum atomic E-state index is 11.2. The van der Waals surface area contributed by atoms with Crippen molar-refractivity contribution < 1.29 is 4.79 Å². The Bertz CT molecular complexity index is 204. The number of nitrogens with zero attached hydrogens (tertiary/aromatic N) is 1. The molecule has 0 radical (unpaired) electrons. The van der Waals surface area contributed by atoms with E-state index >= 15 is 0 Å². The highest BCUT2D eigenvalue weighted by Gasteiger charge is 2.13. The third kappa shape index (κ3) is 6.11. The Hall–Kier alpha value is -0.570. The first-order chi connectivity index (χ1) is 7.38. The molecule has 16 heavy (non-hydrogen) atoms. The summed E-state index contributed by atoms with van der Waals surface area (Å²) in [5, 5.41) is 3.00. The van der Waals surface area contributed by atoms with Gasteiger partial charge in [-0.1, -0.05) is 6.92 Å². The second kappa shape index (κ2) is 7.66. The average Bonchev–Trinajstić information content (AvgIpc) is 2.24. The third-order valence-electron chi connectivity index (χ3n) is 3.26. The van der Waals surface area contributed by atoms with Crippen LogP contribution in [0.2, 0.25) is 0 Å². The van der Waals surface area contributed by atoms with E-state index in [9.17, 15) is 4.79 Å². The number of carbonyl (C=O) groups excluding carboxylic acids is 1. The molecule has 2 atom stereocenters. The summed E-state index contributed by atoms with van der Waals surface area (Å²) in [5.41, 5.74) is 0. The summed E-state index contributed by atoms with van der Waals surface area (Å²) in [6, 6.07) is 1.44. The van der Waals surface area contributed by atoms with E-state index in [1.807, 2.05) is 6.92 Å². The number of rotatable bonds is 7. The van der Waals surface area contributed by atoms with E-state index in [0.29, 0.717) is 18.5 Å². The highest BCUT2D eigenvalue weighted by atomic mass is 16.1. The van der Waals surface area contributed by atoms with Gasteiger partial charge in [0.05, 0.1) is 0 Å². The van der Waals surface area contributed by atoms with Crippen molar-refractivity contribution in [3.05, 3.63) is 0 Å². The minimum absolute atomic E-state index is 0.150. The molecule has 0 aliphatic heterocycles. The fourth-order valence-electron chi connectivity index (χ4n) is 1.65. The molecule has 0 rings (SSSR count). The molecule has 0 aliphatic carbocycles. The second-order valence-corrected chi connectivity index (χ2v) is 5.01. The van der Waals surface area contributed by atoms with E-state index in [4.69, 9.17) is 0 Å². The zero-order valence-electron chi connectivity index (χ0n) is 11.7. The normalized spacial score (nSPS) is 15.2. The van der Waals surface area contributed by atoms with Crippen LogP contribution in [0.4, 0.5) is 0 Å². The van der Waals surface area contributed by atoms with Crippen molar-refractivity contribution in [1.82, 2.24) is 10.2 Å². The molecule has 0 saturated carbocycles. The van der Waals surface area contributed by atoms with Crippen molar-refractivity contribution in [1.29, 1.82) is 0 Å². The number of carbonyl (C=O) groups is 1. The summed E-state index contributed by atoms with van der Waals surface area (Å²) in [4.78, 5) is 13.6. The monoisotopic (exact) mass is 228 g/mol. The summed E-state index contributed by atoms with van der Waals surface area (Å²) in [7, 11) is 2.16. The van der Waals surface area contributed by atoms with Gasteiger partial charge in [-0.05, 0) is 47.6 Å². The van der Waals surface area contributed by atoms with E-state index in [-0.39, 0.29) is 11.9 Å². The van der Waals surface area contributed by atoms with Crippen molar-refractivity contribution in [3.8, 4) is 0 Å². The Balaban J connectivity index is 3.82. The second-order valence-electron chi connectivity index (χ2n) is 5.01. The first kappa shape index (κ1) is 15.4. The number of hydrogen-bond donors (Lipinski definition) is 1. The predicted molar refractivity (Wildman–Crippen MR) is 69.5 cm³/mol. The Labute approximate surface area is 101 Å². The lowest BCUT2D eigenvalue weighted by atomic mass is 10.1. The molecule has 0 spiro atoms. The van der Waals surface area contributed by atoms with Crippen LogP contribution in [0.5, 0.6) is 0 Å². The van der Waals surface area contributed by atoms with Crippen LogP contribution in [0.1, 0.15) is 53.9 Å². The first-order valence-electron chi connectivity index (χ1n) is 6.39. The van der Waals surface area contributed by atoms with Crippen LogP contribution in [0.25, 0.3) is 0 Å². The van der Waals surface area contributed by atoms with Crippen LogP contribution in [0, 0.1) is 0 Å². The predicted octanol–water partition coefficient (Wildman–Crippen LogP) is 2.41. The molecule has 0 saturated heterocycles. The third-order valence-corrected chi connectivity index (χ3v) is 3.26. The maximum Gasteiger partial charge on any atom is 0.219 e. The quantitative estimate of drug-likeness (QED) is 0.726. The molecule has 0 aromatic heterocycles. The highest BCUT2D eigenvalue weighted by molar-refractivity contribution is 5.75. The van der Waals surface area contributed by atoms with Crippen LogP contribution in [0.15, 0.2) is 0 Å². The smallest absolute Gasteiger partial charge is 0.219 e. The van der Waals surface area contributed by atoms with Crippen LogP contribution < -0.4 is 5.32 Å². The van der Waals surface area contributed by atoms with Gasteiger partial charge in [-0.3, -0.25) is 4.79 Å². The van der Waals surface area contributed by atoms with Gasteiger partial charge >= 0.3 is 0 Å². The fourth-order valence-corrected chi connectivity index (χ4v) is 1.65. The summed E-state index contributed by atoms with van der Waals surface area (Å²) >= 11 is 0. The van der Waals surface area contributed by atoms with E-state index in [2.05, 4.69) is 45.0 Å². The molecule has 3 heteroatoms. The molecule has 1 amide bonds. The van der Waals surface area contributed by atoms with Gasteiger partial charge < -0.3 is 10.2 Å². The molecular weight excluding hydrogens is 200 g/mol. The lowest BCUT2D eigenvalue weighted by molar-refractivity contribution is -0.121. The minimum atomic E-state index is 0.150. The maximum absolute atomic E-state index is 11.2. The van der Waals surface area contributed by atoms with Crippen LogP contribution in [-0.2, 0) is 4.79 Å². The highest BCUT2D eigenvalue weighted by Crippen LogP contribution is 2.09. The zero-order chi connectivity index (χ0) is 12.7. The summed E-state index contributed by atoms with van der Waals surface area (Å²) < 4.78 is 0. The molecule has 0 aromatic rings. The zero-order valence-corrected chi connectivity index (χ0v) is 11.7. The van der Waals surface area contributed by atoms with Crippen LogP contribution in [-0.4, -0.2) is 36.0 Å². The van der Waals surface area contributed by atoms with Crippen molar-refractivity contribution in [2.45, 2.75) is 72.0 Å². The number of hydrogen-bond acceptors (Lipinski definition) is 2. The van der Waals surface area contributed by atoms with E-state index in [1.54, 1.807) is 0 Å². The van der Waals surface area contributed by atoms with Crippen LogP contribution >= 0.6 is 0 Å². The number of amides is 1. The fraction of sp³-hybridized carbons (Fsp3) is 0.923. The Morgan fingerprint density at radius 1 is 1.19 bits per heavy atom. The van der Waals surface area contributed by atoms with Crippen molar-refractivity contribution in [3.63, 3.8) is 0 Å². The molecule has 0 aliphatic rings. The van der Waals surface area contributed by atoms with Gasteiger partial charge in [0.25, 0.3) is 0 Å². The molecule has 1 N–H and O–H groups in total. The van der Waals surface area contributed by atoms with Gasteiger partial charge in [-0.25, -0.2) is 0 Å². The lowest BCUT2D eigenvalue weighted by Crippen LogP contribution is -2.37. The Morgan fingerprint density at radius 3 is 2.19 bits per heavy atom. The Morgan fingerprint density at radius 2 is 1.75 bits per heavy atom. The molecule has 3 nitrogen and oxygen atoms in total. The molecule has 0 aromatic carbocycles. The van der Waals surface area contributed by atoms with E-state index < -0.39 is 0 Å². The van der Waals surface area contributed by atoms with Gasteiger partial charge in [0.2, 0.25) is 5.91 Å². The molecular formula is C13H28N2O. The molecule has 96 valence electrons. The van der Waals surface area contributed by atoms with Crippen LogP contribution in [0.3, 0.4) is 0 Å². The SMILES string of the molecule is CCC(=O)NC(C)CCC(C)N(C)C(C)C. The van der Waals surface area contributed by atoms with E-state index in [0.717, 1.165) is 12.8 Å². The molecule has 0 bridgehead atoms. The van der Waals surface area contributed by atoms with Gasteiger partial charge in [-0.2, -0.15) is 0 Å². The summed E-state index contributed by atoms with van der Waals surface area (Å²) in [6.07, 6.45) is 2.75. The molecule has 0 fully saturated rings. The largest absolute Gasteiger partial charge is 0.354 e.